The lowest BCUT2D eigenvalue weighted by atomic mass is 10.1. The number of nitrogens with two attached hydrogens (primary N) is 1. The van der Waals surface area contributed by atoms with Crippen molar-refractivity contribution >= 4 is 15.9 Å². The van der Waals surface area contributed by atoms with E-state index < -0.39 is 16.3 Å². The van der Waals surface area contributed by atoms with Crippen molar-refractivity contribution in [2.24, 2.45) is 5.92 Å². The van der Waals surface area contributed by atoms with Crippen molar-refractivity contribution in [1.29, 1.82) is 0 Å². The average molecular weight is 287 g/mol. The highest BCUT2D eigenvalue weighted by Crippen LogP contribution is 2.13. The molecule has 0 fully saturated rings. The minimum absolute atomic E-state index is 0.0860. The Hall–Kier alpha value is -1.15. The van der Waals surface area contributed by atoms with E-state index in [1.165, 1.54) is 0 Å². The zero-order valence-corrected chi connectivity index (χ0v) is 11.9. The minimum Gasteiger partial charge on any atom is -0.399 e. The summed E-state index contributed by atoms with van der Waals surface area (Å²) in [6.45, 7) is 4.09. The van der Waals surface area contributed by atoms with E-state index in [0.717, 1.165) is 0 Å². The standard InChI is InChI=1S/C12H21N3O3S/c1-9(2)7-14-19(17,18)15-8-12(16)10-3-5-11(13)6-4-10/h3-6,9,12,14-16H,7-8,13H2,1-2H3. The van der Waals surface area contributed by atoms with Gasteiger partial charge in [-0.1, -0.05) is 26.0 Å². The van der Waals surface area contributed by atoms with Gasteiger partial charge in [0.05, 0.1) is 6.10 Å². The zero-order chi connectivity index (χ0) is 14.5. The Balaban J connectivity index is 2.49. The Morgan fingerprint density at radius 3 is 2.21 bits per heavy atom. The predicted octanol–water partition coefficient (Wildman–Crippen LogP) is 0.382. The number of hydrogen-bond acceptors (Lipinski definition) is 4. The van der Waals surface area contributed by atoms with E-state index in [4.69, 9.17) is 5.73 Å². The quantitative estimate of drug-likeness (QED) is 0.544. The van der Waals surface area contributed by atoms with Crippen LogP contribution in [-0.4, -0.2) is 26.6 Å². The van der Waals surface area contributed by atoms with Crippen LogP contribution in [0.1, 0.15) is 25.5 Å². The molecule has 0 aliphatic heterocycles. The summed E-state index contributed by atoms with van der Waals surface area (Å²) < 4.78 is 27.9. The molecule has 0 amide bonds. The van der Waals surface area contributed by atoms with Crippen molar-refractivity contribution in [1.82, 2.24) is 9.44 Å². The monoisotopic (exact) mass is 287 g/mol. The van der Waals surface area contributed by atoms with E-state index in [0.29, 0.717) is 17.8 Å². The van der Waals surface area contributed by atoms with E-state index >= 15 is 0 Å². The lowest BCUT2D eigenvalue weighted by Gasteiger charge is -2.14. The van der Waals surface area contributed by atoms with Crippen LogP contribution in [0.25, 0.3) is 0 Å². The van der Waals surface area contributed by atoms with Crippen LogP contribution in [0.15, 0.2) is 24.3 Å². The number of hydrogen-bond donors (Lipinski definition) is 4. The van der Waals surface area contributed by atoms with Crippen LogP contribution < -0.4 is 15.2 Å². The number of nitrogen functional groups attached to an aromatic ring is 1. The van der Waals surface area contributed by atoms with Gasteiger partial charge in [-0.05, 0) is 23.6 Å². The summed E-state index contributed by atoms with van der Waals surface area (Å²) >= 11 is 0. The summed E-state index contributed by atoms with van der Waals surface area (Å²) in [5, 5.41) is 9.86. The number of benzene rings is 1. The molecular formula is C12H21N3O3S. The molecule has 1 unspecified atom stereocenters. The number of anilines is 1. The topological polar surface area (TPSA) is 104 Å². The highest BCUT2D eigenvalue weighted by molar-refractivity contribution is 7.87. The molecule has 0 heterocycles. The van der Waals surface area contributed by atoms with Crippen molar-refractivity contribution in [3.63, 3.8) is 0 Å². The summed E-state index contributed by atoms with van der Waals surface area (Å²) in [5.74, 6) is 0.221. The first-order valence-corrected chi connectivity index (χ1v) is 7.56. The Morgan fingerprint density at radius 2 is 1.68 bits per heavy atom. The molecule has 0 bridgehead atoms. The molecule has 0 saturated carbocycles. The van der Waals surface area contributed by atoms with Gasteiger partial charge in [0, 0.05) is 18.8 Å². The molecule has 0 saturated heterocycles. The molecule has 19 heavy (non-hydrogen) atoms. The lowest BCUT2D eigenvalue weighted by molar-refractivity contribution is 0.182. The third-order valence-electron chi connectivity index (χ3n) is 2.47. The van der Waals surface area contributed by atoms with Crippen molar-refractivity contribution in [3.8, 4) is 0 Å². The zero-order valence-electron chi connectivity index (χ0n) is 11.1. The predicted molar refractivity (Wildman–Crippen MR) is 75.6 cm³/mol. The maximum Gasteiger partial charge on any atom is 0.277 e. The molecular weight excluding hydrogens is 266 g/mol. The molecule has 5 N–H and O–H groups in total. The van der Waals surface area contributed by atoms with E-state index in [1.807, 2.05) is 13.8 Å². The molecule has 0 aliphatic carbocycles. The molecule has 0 aromatic heterocycles. The Bertz CT molecular complexity index is 485. The van der Waals surface area contributed by atoms with Gasteiger partial charge in [-0.15, -0.1) is 0 Å². The molecule has 0 spiro atoms. The molecule has 0 radical (unpaired) electrons. The van der Waals surface area contributed by atoms with Crippen LogP contribution in [0.3, 0.4) is 0 Å². The van der Waals surface area contributed by atoms with Crippen molar-refractivity contribution in [3.05, 3.63) is 29.8 Å². The Labute approximate surface area is 114 Å². The van der Waals surface area contributed by atoms with Crippen LogP contribution in [0.5, 0.6) is 0 Å². The summed E-state index contributed by atoms with van der Waals surface area (Å²) in [6.07, 6.45) is -0.906. The van der Waals surface area contributed by atoms with E-state index in [2.05, 4.69) is 9.44 Å². The van der Waals surface area contributed by atoms with E-state index in [-0.39, 0.29) is 12.5 Å². The highest BCUT2D eigenvalue weighted by atomic mass is 32.2. The van der Waals surface area contributed by atoms with Crippen LogP contribution in [0, 0.1) is 5.92 Å². The largest absolute Gasteiger partial charge is 0.399 e. The van der Waals surface area contributed by atoms with Crippen molar-refractivity contribution < 1.29 is 13.5 Å². The maximum atomic E-state index is 11.6. The lowest BCUT2D eigenvalue weighted by Crippen LogP contribution is -2.40. The maximum absolute atomic E-state index is 11.6. The number of nitrogens with one attached hydrogen (secondary N) is 2. The fourth-order valence-corrected chi connectivity index (χ4v) is 2.38. The third-order valence-corrected chi connectivity index (χ3v) is 3.56. The fourth-order valence-electron chi connectivity index (χ4n) is 1.35. The van der Waals surface area contributed by atoms with Crippen LogP contribution >= 0.6 is 0 Å². The highest BCUT2D eigenvalue weighted by Gasteiger charge is 2.13. The first kappa shape index (κ1) is 15.9. The average Bonchev–Trinajstić information content (AvgIpc) is 2.35. The van der Waals surface area contributed by atoms with E-state index in [9.17, 15) is 13.5 Å². The van der Waals surface area contributed by atoms with E-state index in [1.54, 1.807) is 24.3 Å². The minimum atomic E-state index is -3.57. The summed E-state index contributed by atoms with van der Waals surface area (Å²) in [4.78, 5) is 0. The van der Waals surface area contributed by atoms with Gasteiger partial charge in [-0.25, -0.2) is 4.72 Å². The molecule has 1 aromatic carbocycles. The summed E-state index contributed by atoms with van der Waals surface area (Å²) in [5.41, 5.74) is 6.74. The summed E-state index contributed by atoms with van der Waals surface area (Å²) in [7, 11) is -3.57. The molecule has 1 aromatic rings. The second kappa shape index (κ2) is 6.85. The van der Waals surface area contributed by atoms with Crippen LogP contribution in [0.4, 0.5) is 5.69 Å². The van der Waals surface area contributed by atoms with Gasteiger partial charge in [-0.3, -0.25) is 0 Å². The molecule has 0 aliphatic rings. The SMILES string of the molecule is CC(C)CNS(=O)(=O)NCC(O)c1ccc(N)cc1. The van der Waals surface area contributed by atoms with Gasteiger partial charge in [0.15, 0.2) is 0 Å². The van der Waals surface area contributed by atoms with Crippen LogP contribution in [-0.2, 0) is 10.2 Å². The Kier molecular flexibility index (Phi) is 5.74. The Morgan fingerprint density at radius 1 is 1.16 bits per heavy atom. The number of aliphatic hydroxyl groups is 1. The van der Waals surface area contributed by atoms with Crippen LogP contribution in [0.2, 0.25) is 0 Å². The fraction of sp³-hybridized carbons (Fsp3) is 0.500. The second-order valence-corrected chi connectivity index (χ2v) is 6.36. The van der Waals surface area contributed by atoms with Gasteiger partial charge < -0.3 is 10.8 Å². The molecule has 108 valence electrons. The van der Waals surface area contributed by atoms with Gasteiger partial charge in [-0.2, -0.15) is 13.1 Å². The van der Waals surface area contributed by atoms with Crippen molar-refractivity contribution in [2.45, 2.75) is 20.0 Å². The van der Waals surface area contributed by atoms with Gasteiger partial charge in [0.25, 0.3) is 10.2 Å². The van der Waals surface area contributed by atoms with Gasteiger partial charge in [0.2, 0.25) is 0 Å². The molecule has 7 heteroatoms. The summed E-state index contributed by atoms with van der Waals surface area (Å²) in [6, 6.07) is 6.64. The number of aliphatic hydroxyl groups excluding tert-OH is 1. The molecule has 1 rings (SSSR count). The van der Waals surface area contributed by atoms with Gasteiger partial charge >= 0.3 is 0 Å². The van der Waals surface area contributed by atoms with Crippen molar-refractivity contribution in [2.75, 3.05) is 18.8 Å². The third kappa shape index (κ3) is 6.02. The molecule has 6 nitrogen and oxygen atoms in total. The first-order chi connectivity index (χ1) is 8.80. The normalized spacial score (nSPS) is 13.7. The number of rotatable bonds is 7. The smallest absolute Gasteiger partial charge is 0.277 e. The van der Waals surface area contributed by atoms with Gasteiger partial charge in [0.1, 0.15) is 0 Å². The first-order valence-electron chi connectivity index (χ1n) is 6.08. The second-order valence-electron chi connectivity index (χ2n) is 4.78. The molecule has 1 atom stereocenters.